The van der Waals surface area contributed by atoms with E-state index < -0.39 is 5.97 Å². The van der Waals surface area contributed by atoms with Crippen LogP contribution in [0, 0.1) is 0 Å². The standard InChI is InChI=1S/C26H31NO5/c1-6-14-31-22-13-12-18(15-23(22)30-7-2)25(29)32-17-19(28)16-24-26(3,4)20-10-8-9-11-21(20)27(24)5/h8-13,15-16H,6-7,14,17H2,1-5H3. The van der Waals surface area contributed by atoms with Crippen molar-refractivity contribution in [3.8, 4) is 11.5 Å². The fraction of sp³-hybridized carbons (Fsp3) is 0.385. The molecule has 2 aromatic rings. The Balaban J connectivity index is 1.69. The van der Waals surface area contributed by atoms with E-state index in [2.05, 4.69) is 19.9 Å². The number of ketones is 1. The fourth-order valence-electron chi connectivity index (χ4n) is 3.91. The minimum Gasteiger partial charge on any atom is -0.490 e. The summed E-state index contributed by atoms with van der Waals surface area (Å²) in [7, 11) is 1.94. The lowest BCUT2D eigenvalue weighted by atomic mass is 9.83. The highest BCUT2D eigenvalue weighted by Crippen LogP contribution is 2.46. The molecule has 3 rings (SSSR count). The van der Waals surface area contributed by atoms with Gasteiger partial charge in [0, 0.05) is 29.9 Å². The second kappa shape index (κ2) is 9.90. The molecule has 6 nitrogen and oxygen atoms in total. The van der Waals surface area contributed by atoms with E-state index in [4.69, 9.17) is 14.2 Å². The number of hydrogen-bond donors (Lipinski definition) is 0. The smallest absolute Gasteiger partial charge is 0.338 e. The van der Waals surface area contributed by atoms with Gasteiger partial charge in [0.2, 0.25) is 0 Å². The van der Waals surface area contributed by atoms with Crippen LogP contribution in [0.15, 0.2) is 54.2 Å². The van der Waals surface area contributed by atoms with Gasteiger partial charge < -0.3 is 19.1 Å². The summed E-state index contributed by atoms with van der Waals surface area (Å²) < 4.78 is 16.5. The Hall–Kier alpha value is -3.28. The molecule has 0 atom stereocenters. The van der Waals surface area contributed by atoms with Crippen molar-refractivity contribution >= 4 is 17.4 Å². The third kappa shape index (κ3) is 4.79. The SMILES string of the molecule is CCCOc1ccc(C(=O)OCC(=O)C=C2N(C)c3ccccc3C2(C)C)cc1OCC. The van der Waals surface area contributed by atoms with Gasteiger partial charge in [0.15, 0.2) is 23.9 Å². The zero-order valence-electron chi connectivity index (χ0n) is 19.4. The second-order valence-corrected chi connectivity index (χ2v) is 8.22. The molecule has 0 saturated carbocycles. The summed E-state index contributed by atoms with van der Waals surface area (Å²) in [4.78, 5) is 27.2. The molecule has 0 fully saturated rings. The van der Waals surface area contributed by atoms with E-state index in [0.717, 1.165) is 23.4 Å². The number of benzene rings is 2. The molecule has 170 valence electrons. The number of likely N-dealkylation sites (N-methyl/N-ethyl adjacent to an activating group) is 1. The molecule has 6 heteroatoms. The van der Waals surface area contributed by atoms with E-state index in [9.17, 15) is 9.59 Å². The van der Waals surface area contributed by atoms with E-state index in [1.54, 1.807) is 24.3 Å². The number of nitrogens with zero attached hydrogens (tertiary/aromatic N) is 1. The highest BCUT2D eigenvalue weighted by molar-refractivity contribution is 5.96. The lowest BCUT2D eigenvalue weighted by Gasteiger charge is -2.23. The zero-order chi connectivity index (χ0) is 23.3. The molecule has 0 unspecified atom stereocenters. The molecule has 0 saturated heterocycles. The third-order valence-electron chi connectivity index (χ3n) is 5.52. The van der Waals surface area contributed by atoms with Crippen LogP contribution in [0.1, 0.15) is 50.0 Å². The number of hydrogen-bond acceptors (Lipinski definition) is 6. The Morgan fingerprint density at radius 2 is 1.78 bits per heavy atom. The van der Waals surface area contributed by atoms with Gasteiger partial charge in [-0.1, -0.05) is 39.0 Å². The molecule has 0 amide bonds. The first-order valence-electron chi connectivity index (χ1n) is 10.9. The van der Waals surface area contributed by atoms with E-state index in [1.807, 2.05) is 44.0 Å². The molecular weight excluding hydrogens is 406 g/mol. The van der Waals surface area contributed by atoms with Crippen LogP contribution in [0.25, 0.3) is 0 Å². The highest BCUT2D eigenvalue weighted by atomic mass is 16.5. The van der Waals surface area contributed by atoms with Gasteiger partial charge >= 0.3 is 5.97 Å². The van der Waals surface area contributed by atoms with Crippen LogP contribution in [0.3, 0.4) is 0 Å². The van der Waals surface area contributed by atoms with E-state index in [1.165, 1.54) is 0 Å². The van der Waals surface area contributed by atoms with Crippen molar-refractivity contribution in [3.63, 3.8) is 0 Å². The van der Waals surface area contributed by atoms with Crippen LogP contribution in [0.4, 0.5) is 5.69 Å². The minimum absolute atomic E-state index is 0.269. The Bertz CT molecular complexity index is 1020. The van der Waals surface area contributed by atoms with Gasteiger partial charge in [-0.2, -0.15) is 0 Å². The van der Waals surface area contributed by atoms with Gasteiger partial charge in [-0.05, 0) is 43.2 Å². The largest absolute Gasteiger partial charge is 0.490 e. The number of esters is 1. The molecule has 0 aromatic heterocycles. The van der Waals surface area contributed by atoms with Gasteiger partial charge in [-0.15, -0.1) is 0 Å². The summed E-state index contributed by atoms with van der Waals surface area (Å²) in [5.74, 6) is 0.212. The summed E-state index contributed by atoms with van der Waals surface area (Å²) in [6.45, 7) is 8.71. The second-order valence-electron chi connectivity index (χ2n) is 8.22. The van der Waals surface area contributed by atoms with Crippen LogP contribution < -0.4 is 14.4 Å². The summed E-state index contributed by atoms with van der Waals surface area (Å²) in [5.41, 5.74) is 3.10. The number of fused-ring (bicyclic) bond motifs is 1. The number of carbonyl (C=O) groups is 2. The van der Waals surface area contributed by atoms with Gasteiger partial charge in [-0.3, -0.25) is 4.79 Å². The average Bonchev–Trinajstić information content (AvgIpc) is 2.97. The molecule has 1 aliphatic heterocycles. The van der Waals surface area contributed by atoms with Crippen LogP contribution in [0.5, 0.6) is 11.5 Å². The van der Waals surface area contributed by atoms with Crippen molar-refractivity contribution in [2.45, 2.75) is 39.5 Å². The molecule has 0 N–H and O–H groups in total. The Kier molecular flexibility index (Phi) is 7.23. The molecule has 32 heavy (non-hydrogen) atoms. The first-order valence-corrected chi connectivity index (χ1v) is 10.9. The van der Waals surface area contributed by atoms with Crippen LogP contribution in [-0.4, -0.2) is 38.6 Å². The fourth-order valence-corrected chi connectivity index (χ4v) is 3.91. The zero-order valence-corrected chi connectivity index (χ0v) is 19.4. The lowest BCUT2D eigenvalue weighted by Crippen LogP contribution is -2.25. The summed E-state index contributed by atoms with van der Waals surface area (Å²) in [6.07, 6.45) is 2.44. The summed E-state index contributed by atoms with van der Waals surface area (Å²) in [6, 6.07) is 13.0. The molecule has 2 aromatic carbocycles. The molecule has 1 aliphatic rings. The molecule has 0 radical (unpaired) electrons. The Morgan fingerprint density at radius 3 is 2.47 bits per heavy atom. The van der Waals surface area contributed by atoms with Crippen molar-refractivity contribution in [1.29, 1.82) is 0 Å². The van der Waals surface area contributed by atoms with Crippen molar-refractivity contribution in [3.05, 3.63) is 65.4 Å². The lowest BCUT2D eigenvalue weighted by molar-refractivity contribution is -0.117. The van der Waals surface area contributed by atoms with Gasteiger partial charge in [0.1, 0.15) is 0 Å². The molecular formula is C26H31NO5. The van der Waals surface area contributed by atoms with Crippen molar-refractivity contribution in [2.24, 2.45) is 0 Å². The number of allylic oxidation sites excluding steroid dienone is 1. The van der Waals surface area contributed by atoms with Crippen molar-refractivity contribution in [2.75, 3.05) is 31.8 Å². The molecule has 1 heterocycles. The van der Waals surface area contributed by atoms with Gasteiger partial charge in [-0.25, -0.2) is 4.79 Å². The Morgan fingerprint density at radius 1 is 1.03 bits per heavy atom. The quantitative estimate of drug-likeness (QED) is 0.410. The number of anilines is 1. The highest BCUT2D eigenvalue weighted by Gasteiger charge is 2.38. The maximum atomic E-state index is 12.6. The first kappa shape index (κ1) is 23.4. The maximum Gasteiger partial charge on any atom is 0.338 e. The number of carbonyl (C=O) groups excluding carboxylic acids is 2. The molecule has 0 aliphatic carbocycles. The third-order valence-corrected chi connectivity index (χ3v) is 5.52. The minimum atomic E-state index is -0.581. The normalized spacial score (nSPS) is 15.4. The predicted octanol–water partition coefficient (Wildman–Crippen LogP) is 4.91. The monoisotopic (exact) mass is 437 g/mol. The maximum absolute atomic E-state index is 12.6. The number of ether oxygens (including phenoxy) is 3. The topological polar surface area (TPSA) is 65.1 Å². The molecule has 0 spiro atoms. The first-order chi connectivity index (χ1) is 15.3. The van der Waals surface area contributed by atoms with Crippen LogP contribution in [-0.2, 0) is 14.9 Å². The van der Waals surface area contributed by atoms with E-state index >= 15 is 0 Å². The van der Waals surface area contributed by atoms with Gasteiger partial charge in [0.25, 0.3) is 0 Å². The molecule has 0 bridgehead atoms. The van der Waals surface area contributed by atoms with Crippen molar-refractivity contribution in [1.82, 2.24) is 0 Å². The Labute approximate surface area is 189 Å². The number of para-hydroxylation sites is 1. The van der Waals surface area contributed by atoms with E-state index in [-0.39, 0.29) is 17.8 Å². The van der Waals surface area contributed by atoms with Gasteiger partial charge in [0.05, 0.1) is 18.8 Å². The van der Waals surface area contributed by atoms with Crippen LogP contribution in [0.2, 0.25) is 0 Å². The summed E-state index contributed by atoms with van der Waals surface area (Å²) >= 11 is 0. The predicted molar refractivity (Wildman–Crippen MR) is 125 cm³/mol. The van der Waals surface area contributed by atoms with Crippen molar-refractivity contribution < 1.29 is 23.8 Å². The summed E-state index contributed by atoms with van der Waals surface area (Å²) in [5, 5.41) is 0. The average molecular weight is 438 g/mol. The van der Waals surface area contributed by atoms with E-state index in [0.29, 0.717) is 30.3 Å². The number of rotatable bonds is 9. The van der Waals surface area contributed by atoms with Crippen LogP contribution >= 0.6 is 0 Å².